The number of carbonyl (C=O) groups excluding carboxylic acids is 1. The Morgan fingerprint density at radius 2 is 1.81 bits per heavy atom. The molecular weight excluding hydrogens is 345 g/mol. The normalized spacial score (nSPS) is 19.6. The predicted molar refractivity (Wildman–Crippen MR) is 106 cm³/mol. The Morgan fingerprint density at radius 3 is 2.33 bits per heavy atom. The number of hydrogen-bond donors (Lipinski definition) is 2. The van der Waals surface area contributed by atoms with E-state index in [2.05, 4.69) is 5.32 Å². The van der Waals surface area contributed by atoms with Crippen LogP contribution in [-0.4, -0.2) is 41.7 Å². The molecule has 2 N–H and O–H groups in total. The summed E-state index contributed by atoms with van der Waals surface area (Å²) < 4.78 is 17.6. The summed E-state index contributed by atoms with van der Waals surface area (Å²) >= 11 is 0. The molecule has 1 atom stereocenters. The molecule has 0 saturated carbocycles. The van der Waals surface area contributed by atoms with Crippen LogP contribution in [-0.2, 0) is 14.0 Å². The maximum Gasteiger partial charge on any atom is 0.494 e. The first kappa shape index (κ1) is 21.7. The highest BCUT2D eigenvalue weighted by Crippen LogP contribution is 2.36. The van der Waals surface area contributed by atoms with Crippen LogP contribution in [0.3, 0.4) is 0 Å². The van der Waals surface area contributed by atoms with Gasteiger partial charge in [-0.1, -0.05) is 24.3 Å². The molecule has 1 aromatic rings. The second-order valence-corrected chi connectivity index (χ2v) is 8.97. The summed E-state index contributed by atoms with van der Waals surface area (Å²) in [6.07, 6.45) is -0.131. The second kappa shape index (κ2) is 7.82. The largest absolute Gasteiger partial charge is 0.494 e. The summed E-state index contributed by atoms with van der Waals surface area (Å²) in [7, 11) is -0.480. The van der Waals surface area contributed by atoms with Gasteiger partial charge in [-0.25, -0.2) is 4.79 Å². The molecule has 1 fully saturated rings. The molecule has 1 aliphatic rings. The Kier molecular flexibility index (Phi) is 6.29. The van der Waals surface area contributed by atoms with E-state index < -0.39 is 30.0 Å². The lowest BCUT2D eigenvalue weighted by Crippen LogP contribution is -2.41. The SMILES string of the molecule is CC(C)(C)OC(=O)N[C@H](CCO)c1cccc(B2OC(C)(C)C(C)(C)O2)c1. The van der Waals surface area contributed by atoms with Crippen LogP contribution in [0, 0.1) is 0 Å². The number of ether oxygens (including phenoxy) is 1. The lowest BCUT2D eigenvalue weighted by molar-refractivity contribution is 0.00578. The molecule has 0 aliphatic carbocycles. The lowest BCUT2D eigenvalue weighted by atomic mass is 9.78. The second-order valence-electron chi connectivity index (χ2n) is 8.97. The molecule has 27 heavy (non-hydrogen) atoms. The van der Waals surface area contributed by atoms with Crippen molar-refractivity contribution in [3.8, 4) is 0 Å². The van der Waals surface area contributed by atoms with Gasteiger partial charge in [-0.15, -0.1) is 0 Å². The number of aliphatic hydroxyl groups is 1. The minimum atomic E-state index is -0.585. The lowest BCUT2D eigenvalue weighted by Gasteiger charge is -2.32. The molecule has 2 rings (SSSR count). The molecule has 0 bridgehead atoms. The Balaban J connectivity index is 2.19. The molecule has 1 aromatic carbocycles. The maximum atomic E-state index is 12.2. The molecule has 1 aliphatic heterocycles. The summed E-state index contributed by atoms with van der Waals surface area (Å²) in [6, 6.07) is 7.32. The van der Waals surface area contributed by atoms with Crippen LogP contribution >= 0.6 is 0 Å². The Bertz CT molecular complexity index is 653. The third kappa shape index (κ3) is 5.47. The van der Waals surface area contributed by atoms with E-state index in [1.807, 2.05) is 72.7 Å². The van der Waals surface area contributed by atoms with E-state index in [0.717, 1.165) is 11.0 Å². The quantitative estimate of drug-likeness (QED) is 0.772. The molecular formula is C20H32BNO5. The monoisotopic (exact) mass is 377 g/mol. The molecule has 1 amide bonds. The van der Waals surface area contributed by atoms with E-state index in [-0.39, 0.29) is 12.6 Å². The van der Waals surface area contributed by atoms with E-state index >= 15 is 0 Å². The summed E-state index contributed by atoms with van der Waals surface area (Å²) in [5.74, 6) is 0. The molecule has 150 valence electrons. The van der Waals surface area contributed by atoms with Crippen molar-refractivity contribution in [1.29, 1.82) is 0 Å². The number of nitrogens with one attached hydrogen (secondary N) is 1. The van der Waals surface area contributed by atoms with Gasteiger partial charge < -0.3 is 24.5 Å². The standard InChI is InChI=1S/C20H32BNO5/c1-18(2,3)25-17(24)22-16(11-12-23)14-9-8-10-15(13-14)21-26-19(4,5)20(6,7)27-21/h8-10,13,16,23H,11-12H2,1-7H3,(H,22,24)/t16-/m1/s1. The van der Waals surface area contributed by atoms with Gasteiger partial charge in [0.15, 0.2) is 0 Å². The van der Waals surface area contributed by atoms with E-state index in [1.54, 1.807) is 0 Å². The minimum absolute atomic E-state index is 0.0544. The molecule has 7 heteroatoms. The van der Waals surface area contributed by atoms with Crippen LogP contribution in [0.5, 0.6) is 0 Å². The van der Waals surface area contributed by atoms with Gasteiger partial charge in [-0.05, 0) is 65.9 Å². The summed E-state index contributed by atoms with van der Waals surface area (Å²) in [4.78, 5) is 12.2. The fourth-order valence-electron chi connectivity index (χ4n) is 2.80. The highest BCUT2D eigenvalue weighted by Gasteiger charge is 2.51. The van der Waals surface area contributed by atoms with Crippen molar-refractivity contribution in [1.82, 2.24) is 5.32 Å². The fraction of sp³-hybridized carbons (Fsp3) is 0.650. The van der Waals surface area contributed by atoms with Crippen LogP contribution < -0.4 is 10.8 Å². The van der Waals surface area contributed by atoms with Gasteiger partial charge >= 0.3 is 13.2 Å². The third-order valence-corrected chi connectivity index (χ3v) is 4.95. The molecule has 6 nitrogen and oxygen atoms in total. The number of hydrogen-bond acceptors (Lipinski definition) is 5. The van der Waals surface area contributed by atoms with Gasteiger partial charge in [-0.3, -0.25) is 0 Å². The van der Waals surface area contributed by atoms with Crippen LogP contribution in [0.15, 0.2) is 24.3 Å². The molecule has 0 radical (unpaired) electrons. The first-order chi connectivity index (χ1) is 12.3. The molecule has 0 unspecified atom stereocenters. The zero-order valence-electron chi connectivity index (χ0n) is 17.5. The van der Waals surface area contributed by atoms with Crippen molar-refractivity contribution in [2.45, 2.75) is 77.7 Å². The van der Waals surface area contributed by atoms with Crippen molar-refractivity contribution < 1.29 is 23.9 Å². The maximum absolute atomic E-state index is 12.2. The van der Waals surface area contributed by atoms with Gasteiger partial charge in [-0.2, -0.15) is 0 Å². The van der Waals surface area contributed by atoms with Crippen molar-refractivity contribution in [3.63, 3.8) is 0 Å². The first-order valence-electron chi connectivity index (χ1n) is 9.40. The summed E-state index contributed by atoms with van der Waals surface area (Å²) in [5, 5.41) is 12.3. The van der Waals surface area contributed by atoms with Crippen LogP contribution in [0.2, 0.25) is 0 Å². The van der Waals surface area contributed by atoms with Crippen LogP contribution in [0.1, 0.15) is 66.5 Å². The van der Waals surface area contributed by atoms with Crippen molar-refractivity contribution in [2.75, 3.05) is 6.61 Å². The van der Waals surface area contributed by atoms with Gasteiger partial charge in [0.1, 0.15) is 5.60 Å². The number of amides is 1. The van der Waals surface area contributed by atoms with Gasteiger partial charge in [0.25, 0.3) is 0 Å². The molecule has 1 saturated heterocycles. The third-order valence-electron chi connectivity index (χ3n) is 4.95. The highest BCUT2D eigenvalue weighted by atomic mass is 16.7. The predicted octanol–water partition coefficient (Wildman–Crippen LogP) is 2.93. The fourth-order valence-corrected chi connectivity index (χ4v) is 2.80. The van der Waals surface area contributed by atoms with Gasteiger partial charge in [0.2, 0.25) is 0 Å². The number of aliphatic hydroxyl groups excluding tert-OH is 1. The smallest absolute Gasteiger partial charge is 0.444 e. The average molecular weight is 377 g/mol. The van der Waals surface area contributed by atoms with E-state index in [9.17, 15) is 9.90 Å². The van der Waals surface area contributed by atoms with Gasteiger partial charge in [0.05, 0.1) is 17.2 Å². The van der Waals surface area contributed by atoms with E-state index in [1.165, 1.54) is 0 Å². The first-order valence-corrected chi connectivity index (χ1v) is 9.40. The van der Waals surface area contributed by atoms with Crippen molar-refractivity contribution in [3.05, 3.63) is 29.8 Å². The number of rotatable bonds is 5. The van der Waals surface area contributed by atoms with Crippen LogP contribution in [0.25, 0.3) is 0 Å². The number of carbonyl (C=O) groups is 1. The van der Waals surface area contributed by atoms with E-state index in [0.29, 0.717) is 6.42 Å². The van der Waals surface area contributed by atoms with Gasteiger partial charge in [0, 0.05) is 6.61 Å². The number of alkyl carbamates (subject to hydrolysis) is 1. The minimum Gasteiger partial charge on any atom is -0.444 e. The Hall–Kier alpha value is -1.57. The summed E-state index contributed by atoms with van der Waals surface area (Å²) in [6.45, 7) is 13.4. The summed E-state index contributed by atoms with van der Waals surface area (Å²) in [5.41, 5.74) is 0.306. The van der Waals surface area contributed by atoms with Crippen molar-refractivity contribution >= 4 is 18.7 Å². The zero-order valence-corrected chi connectivity index (χ0v) is 17.5. The molecule has 1 heterocycles. The van der Waals surface area contributed by atoms with Crippen LogP contribution in [0.4, 0.5) is 4.79 Å². The Labute approximate surface area is 162 Å². The molecule has 0 spiro atoms. The average Bonchev–Trinajstić information content (AvgIpc) is 2.73. The molecule has 0 aromatic heterocycles. The topological polar surface area (TPSA) is 77.0 Å². The highest BCUT2D eigenvalue weighted by molar-refractivity contribution is 6.62. The Morgan fingerprint density at radius 1 is 1.22 bits per heavy atom. The number of benzene rings is 1. The van der Waals surface area contributed by atoms with Crippen molar-refractivity contribution in [2.24, 2.45) is 0 Å². The van der Waals surface area contributed by atoms with E-state index in [4.69, 9.17) is 14.0 Å². The zero-order chi connectivity index (χ0) is 20.5.